The Hall–Kier alpha value is -0.710. The second kappa shape index (κ2) is 4.00. The van der Waals surface area contributed by atoms with E-state index in [1.165, 1.54) is 24.0 Å². The highest BCUT2D eigenvalue weighted by atomic mass is 32.2. The van der Waals surface area contributed by atoms with Gasteiger partial charge in [-0.3, -0.25) is 4.98 Å². The first-order valence-corrected chi connectivity index (χ1v) is 4.68. The molecule has 1 heterocycles. The van der Waals surface area contributed by atoms with Crippen molar-refractivity contribution < 1.29 is 13.2 Å². The molecule has 0 fully saturated rings. The average molecular weight is 207 g/mol. The molecule has 0 saturated heterocycles. The summed E-state index contributed by atoms with van der Waals surface area (Å²) in [5.74, 6) is 0.826. The third-order valence-electron chi connectivity index (χ3n) is 1.34. The average Bonchev–Trinajstić information content (AvgIpc) is 2.04. The van der Waals surface area contributed by atoms with Crippen LogP contribution in [0.4, 0.5) is 13.2 Å². The predicted octanol–water partition coefficient (Wildman–Crippen LogP) is 3.21. The van der Waals surface area contributed by atoms with Gasteiger partial charge in [0.25, 0.3) is 0 Å². The Morgan fingerprint density at radius 1 is 1.38 bits per heavy atom. The molecular formula is C8H8F3NS. The minimum absolute atomic E-state index is 0.760. The van der Waals surface area contributed by atoms with E-state index in [1.807, 2.05) is 6.92 Å². The highest BCUT2D eigenvalue weighted by Gasteiger charge is 2.31. The number of rotatable bonds is 2. The molecule has 1 aromatic rings. The van der Waals surface area contributed by atoms with Crippen LogP contribution in [-0.2, 0) is 6.18 Å². The smallest absolute Gasteiger partial charge is 0.251 e. The zero-order valence-electron chi connectivity index (χ0n) is 6.93. The van der Waals surface area contributed by atoms with E-state index in [0.29, 0.717) is 0 Å². The van der Waals surface area contributed by atoms with Crippen molar-refractivity contribution in [1.82, 2.24) is 4.98 Å². The van der Waals surface area contributed by atoms with E-state index >= 15 is 0 Å². The number of hydrogen-bond donors (Lipinski definition) is 0. The van der Waals surface area contributed by atoms with E-state index in [0.717, 1.165) is 16.7 Å². The van der Waals surface area contributed by atoms with Crippen molar-refractivity contribution in [3.05, 3.63) is 24.0 Å². The summed E-state index contributed by atoms with van der Waals surface area (Å²) in [7, 11) is 0. The fourth-order valence-corrected chi connectivity index (χ4v) is 1.42. The number of alkyl halides is 3. The van der Waals surface area contributed by atoms with E-state index in [2.05, 4.69) is 4.98 Å². The molecule has 0 unspecified atom stereocenters. The van der Waals surface area contributed by atoms with Crippen LogP contribution in [0, 0.1) is 0 Å². The van der Waals surface area contributed by atoms with E-state index in [-0.39, 0.29) is 0 Å². The van der Waals surface area contributed by atoms with Gasteiger partial charge in [-0.2, -0.15) is 13.2 Å². The maximum absolute atomic E-state index is 12.0. The standard InChI is InChI=1S/C8H8F3NS/c1-2-13-6-3-4-7(12-5-6)8(9,10)11/h3-5H,2H2,1H3. The number of nitrogens with zero attached hydrogens (tertiary/aromatic N) is 1. The Morgan fingerprint density at radius 2 is 2.08 bits per heavy atom. The minimum Gasteiger partial charge on any atom is -0.251 e. The van der Waals surface area contributed by atoms with Gasteiger partial charge in [-0.05, 0) is 17.9 Å². The van der Waals surface area contributed by atoms with Crippen molar-refractivity contribution in [2.24, 2.45) is 0 Å². The Morgan fingerprint density at radius 3 is 2.46 bits per heavy atom. The SMILES string of the molecule is CCSc1ccc(C(F)(F)F)nc1. The molecular weight excluding hydrogens is 199 g/mol. The van der Waals surface area contributed by atoms with Crippen molar-refractivity contribution in [2.45, 2.75) is 18.0 Å². The summed E-state index contributed by atoms with van der Waals surface area (Å²) >= 11 is 1.46. The van der Waals surface area contributed by atoms with Crippen LogP contribution in [0.2, 0.25) is 0 Å². The molecule has 0 bridgehead atoms. The molecule has 72 valence electrons. The van der Waals surface area contributed by atoms with Crippen LogP contribution in [0.1, 0.15) is 12.6 Å². The molecule has 1 rings (SSSR count). The van der Waals surface area contributed by atoms with Gasteiger partial charge in [0.05, 0.1) is 0 Å². The van der Waals surface area contributed by atoms with Crippen LogP contribution < -0.4 is 0 Å². The molecule has 0 aliphatic carbocycles. The fourth-order valence-electron chi connectivity index (χ4n) is 0.800. The zero-order chi connectivity index (χ0) is 9.90. The number of hydrogen-bond acceptors (Lipinski definition) is 2. The van der Waals surface area contributed by atoms with Gasteiger partial charge in [0, 0.05) is 11.1 Å². The van der Waals surface area contributed by atoms with E-state index in [4.69, 9.17) is 0 Å². The van der Waals surface area contributed by atoms with Crippen molar-refractivity contribution in [1.29, 1.82) is 0 Å². The quantitative estimate of drug-likeness (QED) is 0.690. The van der Waals surface area contributed by atoms with Crippen LogP contribution in [0.15, 0.2) is 23.2 Å². The molecule has 0 aliphatic rings. The van der Waals surface area contributed by atoms with Gasteiger partial charge in [0.2, 0.25) is 0 Å². The molecule has 1 nitrogen and oxygen atoms in total. The lowest BCUT2D eigenvalue weighted by molar-refractivity contribution is -0.141. The lowest BCUT2D eigenvalue weighted by Crippen LogP contribution is -2.07. The number of halogens is 3. The normalized spacial score (nSPS) is 11.7. The molecule has 0 aromatic carbocycles. The molecule has 0 saturated carbocycles. The number of aromatic nitrogens is 1. The molecule has 0 amide bonds. The van der Waals surface area contributed by atoms with Crippen LogP contribution in [0.5, 0.6) is 0 Å². The van der Waals surface area contributed by atoms with Gasteiger partial charge in [-0.15, -0.1) is 11.8 Å². The van der Waals surface area contributed by atoms with Crippen LogP contribution in [0.25, 0.3) is 0 Å². The van der Waals surface area contributed by atoms with Crippen LogP contribution in [-0.4, -0.2) is 10.7 Å². The van der Waals surface area contributed by atoms with Gasteiger partial charge in [0.1, 0.15) is 5.69 Å². The highest BCUT2D eigenvalue weighted by Crippen LogP contribution is 2.28. The van der Waals surface area contributed by atoms with Gasteiger partial charge >= 0.3 is 6.18 Å². The van der Waals surface area contributed by atoms with E-state index in [1.54, 1.807) is 0 Å². The van der Waals surface area contributed by atoms with Crippen molar-refractivity contribution in [2.75, 3.05) is 5.75 Å². The molecule has 0 radical (unpaired) electrons. The number of thioether (sulfide) groups is 1. The monoisotopic (exact) mass is 207 g/mol. The summed E-state index contributed by atoms with van der Waals surface area (Å²) in [4.78, 5) is 4.08. The molecule has 5 heteroatoms. The first kappa shape index (κ1) is 10.4. The highest BCUT2D eigenvalue weighted by molar-refractivity contribution is 7.99. The Bertz CT molecular complexity index is 268. The molecule has 1 aromatic heterocycles. The summed E-state index contributed by atoms with van der Waals surface area (Å²) < 4.78 is 36.1. The number of pyridine rings is 1. The van der Waals surface area contributed by atoms with Gasteiger partial charge < -0.3 is 0 Å². The Balaban J connectivity index is 2.81. The van der Waals surface area contributed by atoms with E-state index < -0.39 is 11.9 Å². The molecule has 0 spiro atoms. The van der Waals surface area contributed by atoms with Crippen LogP contribution >= 0.6 is 11.8 Å². The topological polar surface area (TPSA) is 12.9 Å². The maximum Gasteiger partial charge on any atom is 0.433 e. The van der Waals surface area contributed by atoms with Gasteiger partial charge in [-0.25, -0.2) is 0 Å². The van der Waals surface area contributed by atoms with Gasteiger partial charge in [-0.1, -0.05) is 6.92 Å². The second-order valence-corrected chi connectivity index (χ2v) is 3.65. The van der Waals surface area contributed by atoms with Crippen molar-refractivity contribution in [3.63, 3.8) is 0 Å². The second-order valence-electron chi connectivity index (χ2n) is 2.31. The summed E-state index contributed by atoms with van der Waals surface area (Å²) in [6, 6.07) is 2.43. The third-order valence-corrected chi connectivity index (χ3v) is 2.20. The minimum atomic E-state index is -4.34. The van der Waals surface area contributed by atoms with Crippen molar-refractivity contribution >= 4 is 11.8 Å². The first-order valence-electron chi connectivity index (χ1n) is 3.70. The first-order chi connectivity index (χ1) is 6.04. The van der Waals surface area contributed by atoms with Crippen LogP contribution in [0.3, 0.4) is 0 Å². The maximum atomic E-state index is 12.0. The largest absolute Gasteiger partial charge is 0.433 e. The summed E-state index contributed by atoms with van der Waals surface area (Å²) in [5.41, 5.74) is -0.840. The molecule has 13 heavy (non-hydrogen) atoms. The zero-order valence-corrected chi connectivity index (χ0v) is 7.75. The molecule has 0 atom stereocenters. The summed E-state index contributed by atoms with van der Waals surface area (Å²) in [6.45, 7) is 1.93. The Kier molecular flexibility index (Phi) is 3.19. The molecule has 0 aliphatic heterocycles. The van der Waals surface area contributed by atoms with Gasteiger partial charge in [0.15, 0.2) is 0 Å². The van der Waals surface area contributed by atoms with E-state index in [9.17, 15) is 13.2 Å². The summed E-state index contributed by atoms with van der Waals surface area (Å²) in [6.07, 6.45) is -3.09. The predicted molar refractivity (Wildman–Crippen MR) is 45.6 cm³/mol. The lowest BCUT2D eigenvalue weighted by Gasteiger charge is -2.05. The van der Waals surface area contributed by atoms with Crippen molar-refractivity contribution in [3.8, 4) is 0 Å². The third kappa shape index (κ3) is 2.91. The molecule has 0 N–H and O–H groups in total. The fraction of sp³-hybridized carbons (Fsp3) is 0.375. The lowest BCUT2D eigenvalue weighted by atomic mass is 10.3. The Labute approximate surface area is 78.4 Å². The summed E-state index contributed by atoms with van der Waals surface area (Å²) in [5, 5.41) is 0.